The van der Waals surface area contributed by atoms with Crippen LogP contribution in [0.15, 0.2) is 22.7 Å². The molecule has 21 heavy (non-hydrogen) atoms. The highest BCUT2D eigenvalue weighted by Crippen LogP contribution is 2.28. The van der Waals surface area contributed by atoms with E-state index in [4.69, 9.17) is 18.0 Å². The van der Waals surface area contributed by atoms with Crippen molar-refractivity contribution in [2.45, 2.75) is 38.1 Å². The Kier molecular flexibility index (Phi) is 5.58. The summed E-state index contributed by atoms with van der Waals surface area (Å²) in [6, 6.07) is 4.43. The number of halogens is 1. The number of hydrogen-bond donors (Lipinski definition) is 3. The van der Waals surface area contributed by atoms with Gasteiger partial charge in [-0.1, -0.05) is 47.4 Å². The van der Waals surface area contributed by atoms with Crippen molar-refractivity contribution in [3.8, 4) is 5.75 Å². The zero-order chi connectivity index (χ0) is 15.4. The van der Waals surface area contributed by atoms with Gasteiger partial charge in [-0.15, -0.1) is 0 Å². The average molecular weight is 371 g/mol. The van der Waals surface area contributed by atoms with Crippen molar-refractivity contribution in [3.63, 3.8) is 0 Å². The summed E-state index contributed by atoms with van der Waals surface area (Å²) >= 11 is 8.41. The van der Waals surface area contributed by atoms with Crippen molar-refractivity contribution >= 4 is 39.0 Å². The zero-order valence-corrected chi connectivity index (χ0v) is 14.0. The molecular formula is C15H19BrN2O2S. The molecule has 4 nitrogen and oxygen atoms in total. The van der Waals surface area contributed by atoms with Gasteiger partial charge in [-0.2, -0.15) is 0 Å². The third-order valence-corrected chi connectivity index (χ3v) is 4.66. The number of nitrogens with one attached hydrogen (secondary N) is 1. The predicted molar refractivity (Wildman–Crippen MR) is 90.4 cm³/mol. The molecule has 1 aromatic carbocycles. The van der Waals surface area contributed by atoms with E-state index >= 15 is 0 Å². The van der Waals surface area contributed by atoms with Gasteiger partial charge in [0.1, 0.15) is 5.75 Å². The van der Waals surface area contributed by atoms with E-state index < -0.39 is 0 Å². The van der Waals surface area contributed by atoms with Crippen molar-refractivity contribution in [2.75, 3.05) is 0 Å². The Morgan fingerprint density at radius 1 is 1.38 bits per heavy atom. The molecule has 0 radical (unpaired) electrons. The largest absolute Gasteiger partial charge is 0.507 e. The number of benzene rings is 1. The highest BCUT2D eigenvalue weighted by atomic mass is 79.9. The Hall–Kier alpha value is -1.14. The molecule has 0 heterocycles. The number of aromatic hydroxyl groups is 1. The maximum atomic E-state index is 12.4. The number of nitrogens with two attached hydrogens (primary N) is 1. The van der Waals surface area contributed by atoms with E-state index in [1.54, 1.807) is 12.1 Å². The lowest BCUT2D eigenvalue weighted by molar-refractivity contribution is 0.0929. The molecule has 0 bridgehead atoms. The van der Waals surface area contributed by atoms with Crippen LogP contribution in [0.1, 0.15) is 42.5 Å². The number of phenolic OH excluding ortho intramolecular Hbond substituents is 1. The van der Waals surface area contributed by atoms with Crippen LogP contribution in [0.2, 0.25) is 0 Å². The summed E-state index contributed by atoms with van der Waals surface area (Å²) in [6.45, 7) is 0. The van der Waals surface area contributed by atoms with Crippen LogP contribution >= 0.6 is 28.1 Å². The SMILES string of the molecule is NC(=S)C(NC(=O)c1cc(Br)ccc1O)C1CCCCC1. The average Bonchev–Trinajstić information content (AvgIpc) is 2.47. The molecule has 2 rings (SSSR count). The second-order valence-corrected chi connectivity index (χ2v) is 6.80. The molecule has 1 atom stereocenters. The zero-order valence-electron chi connectivity index (χ0n) is 11.6. The number of carbonyl (C=O) groups excluding carboxylic acids is 1. The van der Waals surface area contributed by atoms with Gasteiger partial charge in [-0.3, -0.25) is 4.79 Å². The number of phenols is 1. The maximum Gasteiger partial charge on any atom is 0.255 e. The first kappa shape index (κ1) is 16.2. The molecule has 1 unspecified atom stereocenters. The lowest BCUT2D eigenvalue weighted by Crippen LogP contribution is -2.48. The smallest absolute Gasteiger partial charge is 0.255 e. The molecule has 114 valence electrons. The lowest BCUT2D eigenvalue weighted by Gasteiger charge is -2.30. The molecular weight excluding hydrogens is 352 g/mol. The fraction of sp³-hybridized carbons (Fsp3) is 0.467. The molecule has 0 saturated heterocycles. The van der Waals surface area contributed by atoms with E-state index in [-0.39, 0.29) is 29.2 Å². The summed E-state index contributed by atoms with van der Waals surface area (Å²) in [6.07, 6.45) is 5.55. The van der Waals surface area contributed by atoms with Crippen LogP contribution in [-0.4, -0.2) is 22.0 Å². The first-order chi connectivity index (χ1) is 9.99. The van der Waals surface area contributed by atoms with E-state index in [1.165, 1.54) is 12.5 Å². The van der Waals surface area contributed by atoms with E-state index in [9.17, 15) is 9.90 Å². The van der Waals surface area contributed by atoms with E-state index in [2.05, 4.69) is 21.2 Å². The molecule has 1 saturated carbocycles. The summed E-state index contributed by atoms with van der Waals surface area (Å²) in [5.74, 6) is -0.118. The van der Waals surface area contributed by atoms with Gasteiger partial charge in [0.05, 0.1) is 16.6 Å². The Morgan fingerprint density at radius 3 is 2.67 bits per heavy atom. The number of amides is 1. The quantitative estimate of drug-likeness (QED) is 0.711. The summed E-state index contributed by atoms with van der Waals surface area (Å²) in [5, 5.41) is 12.7. The summed E-state index contributed by atoms with van der Waals surface area (Å²) in [5.41, 5.74) is 6.03. The first-order valence-corrected chi connectivity index (χ1v) is 8.28. The van der Waals surface area contributed by atoms with Gasteiger partial charge in [0.25, 0.3) is 5.91 Å². The van der Waals surface area contributed by atoms with Crippen molar-refractivity contribution < 1.29 is 9.90 Å². The van der Waals surface area contributed by atoms with E-state index in [1.807, 2.05) is 0 Å². The van der Waals surface area contributed by atoms with Crippen LogP contribution in [0.4, 0.5) is 0 Å². The summed E-state index contributed by atoms with van der Waals surface area (Å²) < 4.78 is 0.731. The van der Waals surface area contributed by atoms with Crippen molar-refractivity contribution in [1.82, 2.24) is 5.32 Å². The number of carbonyl (C=O) groups is 1. The van der Waals surface area contributed by atoms with Crippen LogP contribution in [0.3, 0.4) is 0 Å². The second-order valence-electron chi connectivity index (χ2n) is 5.41. The van der Waals surface area contributed by atoms with Crippen LogP contribution in [0, 0.1) is 5.92 Å². The molecule has 1 aromatic rings. The first-order valence-electron chi connectivity index (χ1n) is 7.07. The summed E-state index contributed by atoms with van der Waals surface area (Å²) in [7, 11) is 0. The van der Waals surface area contributed by atoms with E-state index in [0.29, 0.717) is 4.99 Å². The van der Waals surface area contributed by atoms with Gasteiger partial charge < -0.3 is 16.2 Å². The highest BCUT2D eigenvalue weighted by Gasteiger charge is 2.28. The monoisotopic (exact) mass is 370 g/mol. The third kappa shape index (κ3) is 4.17. The fourth-order valence-corrected chi connectivity index (χ4v) is 3.41. The standard InChI is InChI=1S/C15H19BrN2O2S/c16-10-6-7-12(19)11(8-10)15(20)18-13(14(17)21)9-4-2-1-3-5-9/h6-9,13,19H,1-5H2,(H2,17,21)(H,18,20). The highest BCUT2D eigenvalue weighted by molar-refractivity contribution is 9.10. The van der Waals surface area contributed by atoms with Crippen LogP contribution in [-0.2, 0) is 0 Å². The predicted octanol–water partition coefficient (Wildman–Crippen LogP) is 3.12. The third-order valence-electron chi connectivity index (χ3n) is 3.92. The molecule has 1 aliphatic carbocycles. The molecule has 4 N–H and O–H groups in total. The number of thiocarbonyl (C=S) groups is 1. The Labute approximate surface area is 138 Å². The van der Waals surface area contributed by atoms with Crippen molar-refractivity contribution in [1.29, 1.82) is 0 Å². The molecule has 0 aliphatic heterocycles. The lowest BCUT2D eigenvalue weighted by atomic mass is 9.83. The van der Waals surface area contributed by atoms with Gasteiger partial charge in [0, 0.05) is 4.47 Å². The maximum absolute atomic E-state index is 12.4. The molecule has 1 aliphatic rings. The van der Waals surface area contributed by atoms with E-state index in [0.717, 1.165) is 30.2 Å². The Balaban J connectivity index is 2.14. The van der Waals surface area contributed by atoms with Gasteiger partial charge in [0.2, 0.25) is 0 Å². The van der Waals surface area contributed by atoms with Crippen molar-refractivity contribution in [2.24, 2.45) is 11.7 Å². The van der Waals surface area contributed by atoms with Crippen LogP contribution in [0.25, 0.3) is 0 Å². The Morgan fingerprint density at radius 2 is 2.05 bits per heavy atom. The van der Waals surface area contributed by atoms with Gasteiger partial charge in [-0.05, 0) is 37.0 Å². The molecule has 1 fully saturated rings. The minimum Gasteiger partial charge on any atom is -0.507 e. The molecule has 0 aromatic heterocycles. The van der Waals surface area contributed by atoms with Gasteiger partial charge >= 0.3 is 0 Å². The second kappa shape index (κ2) is 7.22. The normalized spacial score (nSPS) is 17.2. The summed E-state index contributed by atoms with van der Waals surface area (Å²) in [4.78, 5) is 12.7. The van der Waals surface area contributed by atoms with Crippen LogP contribution in [0.5, 0.6) is 5.75 Å². The molecule has 0 spiro atoms. The topological polar surface area (TPSA) is 75.3 Å². The number of hydrogen-bond acceptors (Lipinski definition) is 3. The molecule has 1 amide bonds. The molecule has 6 heteroatoms. The van der Waals surface area contributed by atoms with Crippen molar-refractivity contribution in [3.05, 3.63) is 28.2 Å². The fourth-order valence-electron chi connectivity index (χ4n) is 2.80. The number of rotatable bonds is 4. The van der Waals surface area contributed by atoms with Gasteiger partial charge in [0.15, 0.2) is 0 Å². The minimum atomic E-state index is -0.350. The minimum absolute atomic E-state index is 0.0546. The van der Waals surface area contributed by atoms with Crippen LogP contribution < -0.4 is 11.1 Å². The Bertz CT molecular complexity index is 544. The van der Waals surface area contributed by atoms with Gasteiger partial charge in [-0.25, -0.2) is 0 Å².